The topological polar surface area (TPSA) is 118 Å². The van der Waals surface area contributed by atoms with Crippen molar-refractivity contribution < 1.29 is 24.2 Å². The van der Waals surface area contributed by atoms with Crippen molar-refractivity contribution in [2.45, 2.75) is 25.3 Å². The van der Waals surface area contributed by atoms with E-state index >= 15 is 0 Å². The van der Waals surface area contributed by atoms with E-state index in [0.717, 1.165) is 22.3 Å². The van der Waals surface area contributed by atoms with Crippen LogP contribution < -0.4 is 10.6 Å². The number of hydrogen-bond acceptors (Lipinski definition) is 5. The molecule has 0 spiro atoms. The lowest BCUT2D eigenvalue weighted by atomic mass is 9.98. The van der Waals surface area contributed by atoms with Gasteiger partial charge in [0.25, 0.3) is 0 Å². The molecule has 33 heavy (non-hydrogen) atoms. The number of carbonyl (C=O) groups excluding carboxylic acids is 2. The van der Waals surface area contributed by atoms with E-state index in [-0.39, 0.29) is 12.5 Å². The molecule has 1 heterocycles. The van der Waals surface area contributed by atoms with Crippen molar-refractivity contribution in [2.24, 2.45) is 0 Å². The van der Waals surface area contributed by atoms with Gasteiger partial charge >= 0.3 is 12.1 Å². The smallest absolute Gasteiger partial charge is 0.407 e. The number of carboxylic acid groups (broad SMARTS) is 1. The maximum absolute atomic E-state index is 12.6. The highest BCUT2D eigenvalue weighted by molar-refractivity contribution is 5.98. The first-order chi connectivity index (χ1) is 15.9. The Morgan fingerprint density at radius 1 is 1.03 bits per heavy atom. The molecule has 1 aliphatic carbocycles. The van der Waals surface area contributed by atoms with Gasteiger partial charge < -0.3 is 20.5 Å². The Bertz CT molecular complexity index is 1160. The lowest BCUT2D eigenvalue weighted by Gasteiger charge is -2.19. The van der Waals surface area contributed by atoms with Gasteiger partial charge in [0.15, 0.2) is 0 Å². The van der Waals surface area contributed by atoms with E-state index in [9.17, 15) is 19.5 Å². The lowest BCUT2D eigenvalue weighted by Crippen LogP contribution is -2.45. The molecule has 3 aromatic rings. The summed E-state index contributed by atoms with van der Waals surface area (Å²) in [7, 11) is 0. The molecule has 0 bridgehead atoms. The summed E-state index contributed by atoms with van der Waals surface area (Å²) < 4.78 is 5.44. The van der Waals surface area contributed by atoms with Gasteiger partial charge in [-0.15, -0.1) is 0 Å². The Morgan fingerprint density at radius 3 is 2.27 bits per heavy atom. The lowest BCUT2D eigenvalue weighted by molar-refractivity contribution is -0.139. The monoisotopic (exact) mass is 445 g/mol. The third-order valence-electron chi connectivity index (χ3n) is 5.50. The van der Waals surface area contributed by atoms with E-state index in [4.69, 9.17) is 4.74 Å². The summed E-state index contributed by atoms with van der Waals surface area (Å²) in [6.45, 7) is 1.82. The van der Waals surface area contributed by atoms with Crippen LogP contribution >= 0.6 is 0 Å². The highest BCUT2D eigenvalue weighted by atomic mass is 16.5. The van der Waals surface area contributed by atoms with Gasteiger partial charge in [0.1, 0.15) is 12.6 Å². The van der Waals surface area contributed by atoms with Crippen molar-refractivity contribution in [3.05, 3.63) is 83.7 Å². The Balaban J connectivity index is 1.43. The average Bonchev–Trinajstić information content (AvgIpc) is 3.11. The largest absolute Gasteiger partial charge is 0.481 e. The first-order valence-electron chi connectivity index (χ1n) is 10.5. The summed E-state index contributed by atoms with van der Waals surface area (Å²) in [5.41, 5.74) is 5.44. The third kappa shape index (κ3) is 5.01. The minimum absolute atomic E-state index is 0.0603. The Morgan fingerprint density at radius 2 is 1.67 bits per heavy atom. The number of benzene rings is 2. The molecule has 1 unspecified atom stereocenters. The predicted octanol–water partition coefficient (Wildman–Crippen LogP) is 3.71. The molecule has 0 saturated heterocycles. The van der Waals surface area contributed by atoms with E-state index in [1.54, 1.807) is 19.1 Å². The number of aryl methyl sites for hydroxylation is 1. The molecule has 2 amide bonds. The van der Waals surface area contributed by atoms with Crippen LogP contribution in [0.25, 0.3) is 11.1 Å². The van der Waals surface area contributed by atoms with E-state index < -0.39 is 30.4 Å². The van der Waals surface area contributed by atoms with Gasteiger partial charge in [-0.1, -0.05) is 48.5 Å². The van der Waals surface area contributed by atoms with E-state index in [2.05, 4.69) is 15.6 Å². The molecule has 8 nitrogen and oxygen atoms in total. The first kappa shape index (κ1) is 22.0. The molecule has 1 atom stereocenters. The van der Waals surface area contributed by atoms with Crippen LogP contribution in [0.1, 0.15) is 29.2 Å². The number of hydrogen-bond donors (Lipinski definition) is 3. The second-order valence-corrected chi connectivity index (χ2v) is 7.80. The highest BCUT2D eigenvalue weighted by Gasteiger charge is 2.30. The van der Waals surface area contributed by atoms with Crippen LogP contribution in [0.2, 0.25) is 0 Å². The molecule has 0 radical (unpaired) electrons. The second kappa shape index (κ2) is 9.52. The number of nitrogens with one attached hydrogen (secondary N) is 2. The van der Waals surface area contributed by atoms with Gasteiger partial charge in [-0.3, -0.25) is 14.6 Å². The molecule has 0 saturated carbocycles. The number of anilines is 1. The van der Waals surface area contributed by atoms with Crippen LogP contribution in [0.4, 0.5) is 10.5 Å². The maximum Gasteiger partial charge on any atom is 0.407 e. The molecule has 3 N–H and O–H groups in total. The highest BCUT2D eigenvalue weighted by Crippen LogP contribution is 2.44. The van der Waals surface area contributed by atoms with Crippen molar-refractivity contribution in [1.29, 1.82) is 0 Å². The molecule has 4 rings (SSSR count). The predicted molar refractivity (Wildman–Crippen MR) is 122 cm³/mol. The summed E-state index contributed by atoms with van der Waals surface area (Å²) in [5, 5.41) is 14.2. The fourth-order valence-corrected chi connectivity index (χ4v) is 4.02. The van der Waals surface area contributed by atoms with Crippen LogP contribution in [-0.2, 0) is 14.3 Å². The SMILES string of the molecule is Cc1cc(NC(=O)C(CC(=O)O)NC(=O)OCC2c3ccccc3-c3ccccc32)ccn1. The molecule has 1 aromatic heterocycles. The number of fused-ring (bicyclic) bond motifs is 3. The normalized spacial score (nSPS) is 12.9. The number of aromatic nitrogens is 1. The first-order valence-corrected chi connectivity index (χ1v) is 10.5. The Hall–Kier alpha value is -4.20. The van der Waals surface area contributed by atoms with Gasteiger partial charge in [0, 0.05) is 23.5 Å². The molecule has 8 heteroatoms. The summed E-state index contributed by atoms with van der Waals surface area (Å²) in [6, 6.07) is 17.8. The zero-order chi connectivity index (χ0) is 23.4. The number of aliphatic carboxylic acids is 1. The van der Waals surface area contributed by atoms with Gasteiger partial charge in [0.2, 0.25) is 5.91 Å². The number of amides is 2. The fraction of sp³-hybridized carbons (Fsp3) is 0.200. The van der Waals surface area contributed by atoms with Crippen molar-refractivity contribution in [1.82, 2.24) is 10.3 Å². The zero-order valence-electron chi connectivity index (χ0n) is 17.9. The van der Waals surface area contributed by atoms with Crippen LogP contribution in [0.5, 0.6) is 0 Å². The maximum atomic E-state index is 12.6. The van der Waals surface area contributed by atoms with Crippen LogP contribution in [0.3, 0.4) is 0 Å². The van der Waals surface area contributed by atoms with Crippen LogP contribution in [-0.4, -0.2) is 40.7 Å². The molecule has 168 valence electrons. The quantitative estimate of drug-likeness (QED) is 0.510. The molecule has 0 aliphatic heterocycles. The van der Waals surface area contributed by atoms with Gasteiger partial charge in [0.05, 0.1) is 6.42 Å². The van der Waals surface area contributed by atoms with Crippen molar-refractivity contribution in [2.75, 3.05) is 11.9 Å². The molecular formula is C25H23N3O5. The number of carbonyl (C=O) groups is 3. The fourth-order valence-electron chi connectivity index (χ4n) is 4.02. The van der Waals surface area contributed by atoms with E-state index in [0.29, 0.717) is 11.4 Å². The van der Waals surface area contributed by atoms with Gasteiger partial charge in [-0.05, 0) is 41.3 Å². The minimum atomic E-state index is -1.30. The molecule has 0 fully saturated rings. The summed E-state index contributed by atoms with van der Waals surface area (Å²) in [6.07, 6.45) is 0.0834. The zero-order valence-corrected chi connectivity index (χ0v) is 17.9. The molecule has 1 aliphatic rings. The number of rotatable bonds is 7. The van der Waals surface area contributed by atoms with Crippen molar-refractivity contribution in [3.63, 3.8) is 0 Å². The van der Waals surface area contributed by atoms with Crippen molar-refractivity contribution >= 4 is 23.7 Å². The minimum Gasteiger partial charge on any atom is -0.481 e. The second-order valence-electron chi connectivity index (χ2n) is 7.80. The number of alkyl carbamates (subject to hydrolysis) is 1. The third-order valence-corrected chi connectivity index (χ3v) is 5.50. The number of nitrogens with zero attached hydrogens (tertiary/aromatic N) is 1. The molecule has 2 aromatic carbocycles. The van der Waals surface area contributed by atoms with Crippen molar-refractivity contribution in [3.8, 4) is 11.1 Å². The van der Waals surface area contributed by atoms with Crippen LogP contribution in [0.15, 0.2) is 66.9 Å². The number of pyridine rings is 1. The van der Waals surface area contributed by atoms with Crippen LogP contribution in [0, 0.1) is 6.92 Å². The summed E-state index contributed by atoms with van der Waals surface area (Å²) in [5.74, 6) is -2.02. The Kier molecular flexibility index (Phi) is 6.35. The van der Waals surface area contributed by atoms with E-state index in [1.807, 2.05) is 48.5 Å². The summed E-state index contributed by atoms with van der Waals surface area (Å²) >= 11 is 0. The average molecular weight is 445 g/mol. The molecular weight excluding hydrogens is 422 g/mol. The van der Waals surface area contributed by atoms with Gasteiger partial charge in [-0.25, -0.2) is 4.79 Å². The Labute approximate surface area is 190 Å². The van der Waals surface area contributed by atoms with Gasteiger partial charge in [-0.2, -0.15) is 0 Å². The standard InChI is InChI=1S/C25H23N3O5/c1-15-12-16(10-11-26-15)27-24(31)22(13-23(29)30)28-25(32)33-14-21-19-8-4-2-6-17(19)18-7-3-5-9-20(18)21/h2-12,21-22H,13-14H2,1H3,(H,28,32)(H,29,30)(H,26,27,31). The number of carboxylic acids is 1. The summed E-state index contributed by atoms with van der Waals surface area (Å²) in [4.78, 5) is 40.4. The number of ether oxygens (including phenoxy) is 1. The van der Waals surface area contributed by atoms with E-state index in [1.165, 1.54) is 6.20 Å².